The van der Waals surface area contributed by atoms with E-state index < -0.39 is 28.8 Å². The van der Waals surface area contributed by atoms with Gasteiger partial charge in [-0.3, -0.25) is 0 Å². The van der Waals surface area contributed by atoms with Crippen molar-refractivity contribution in [2.75, 3.05) is 13.2 Å². The van der Waals surface area contributed by atoms with E-state index in [-0.39, 0.29) is 14.9 Å². The van der Waals surface area contributed by atoms with Gasteiger partial charge in [0, 0.05) is 0 Å². The van der Waals surface area contributed by atoms with E-state index in [1.807, 2.05) is 0 Å². The van der Waals surface area contributed by atoms with Crippen molar-refractivity contribution in [1.82, 2.24) is 4.72 Å². The monoisotopic (exact) mass is 313 g/mol. The minimum Gasteiger partial charge on any atom is -0.394 e. The fraction of sp³-hybridized carbons (Fsp3) is 0.400. The molecule has 0 saturated carbocycles. The third-order valence-electron chi connectivity index (χ3n) is 2.28. The molecule has 1 aromatic rings. The molecule has 8 heteroatoms. The highest BCUT2D eigenvalue weighted by molar-refractivity contribution is 7.89. The van der Waals surface area contributed by atoms with Gasteiger partial charge in [0.2, 0.25) is 10.0 Å². The smallest absolute Gasteiger partial charge is 0.241 e. The van der Waals surface area contributed by atoms with Crippen LogP contribution in [0.5, 0.6) is 0 Å². The maximum atomic E-state index is 12.0. The lowest BCUT2D eigenvalue weighted by Crippen LogP contribution is -2.51. The predicted octanol–water partition coefficient (Wildman–Crippen LogP) is 1.02. The molecule has 0 aliphatic heterocycles. The summed E-state index contributed by atoms with van der Waals surface area (Å²) >= 11 is 11.4. The average Bonchev–Trinajstić information content (AvgIpc) is 2.32. The van der Waals surface area contributed by atoms with Crippen LogP contribution in [0.3, 0.4) is 0 Å². The minimum atomic E-state index is -3.89. The van der Waals surface area contributed by atoms with Crippen LogP contribution in [0.4, 0.5) is 0 Å². The Morgan fingerprint density at radius 1 is 1.22 bits per heavy atom. The molecular weight excluding hydrogens is 301 g/mol. The number of hydrogen-bond donors (Lipinski definition) is 3. The summed E-state index contributed by atoms with van der Waals surface area (Å²) in [6.07, 6.45) is 0. The normalized spacial score (nSPS) is 12.7. The molecule has 0 spiro atoms. The zero-order valence-corrected chi connectivity index (χ0v) is 11.8. The highest BCUT2D eigenvalue weighted by Crippen LogP contribution is 2.25. The molecule has 0 bridgehead atoms. The summed E-state index contributed by atoms with van der Waals surface area (Å²) in [5.41, 5.74) is -1.34. The van der Waals surface area contributed by atoms with E-state index in [0.717, 1.165) is 0 Å². The van der Waals surface area contributed by atoms with Crippen molar-refractivity contribution < 1.29 is 18.6 Å². The number of rotatable bonds is 5. The van der Waals surface area contributed by atoms with Gasteiger partial charge >= 0.3 is 0 Å². The first-order valence-electron chi connectivity index (χ1n) is 4.95. The van der Waals surface area contributed by atoms with E-state index in [1.54, 1.807) is 0 Å². The van der Waals surface area contributed by atoms with Crippen LogP contribution in [0.2, 0.25) is 10.0 Å². The Labute approximate surface area is 115 Å². The molecule has 0 saturated heterocycles. The Kier molecular flexibility index (Phi) is 4.99. The molecule has 0 aromatic heterocycles. The summed E-state index contributed by atoms with van der Waals surface area (Å²) in [6, 6.07) is 3.83. The van der Waals surface area contributed by atoms with Gasteiger partial charge in [0.15, 0.2) is 0 Å². The second-order valence-corrected chi connectivity index (χ2v) is 6.56. The van der Waals surface area contributed by atoms with Crippen LogP contribution in [-0.4, -0.2) is 37.4 Å². The largest absolute Gasteiger partial charge is 0.394 e. The van der Waals surface area contributed by atoms with Crippen LogP contribution >= 0.6 is 23.2 Å². The zero-order chi connectivity index (χ0) is 14.0. The molecule has 0 fully saturated rings. The number of benzene rings is 1. The quantitative estimate of drug-likeness (QED) is 0.757. The van der Waals surface area contributed by atoms with Crippen molar-refractivity contribution in [3.8, 4) is 0 Å². The first-order valence-corrected chi connectivity index (χ1v) is 7.19. The SMILES string of the molecule is CC(CO)(CO)NS(=O)(=O)c1ccc(Cl)c(Cl)c1. The molecule has 1 aromatic carbocycles. The molecule has 5 nitrogen and oxygen atoms in total. The molecule has 1 rings (SSSR count). The molecule has 18 heavy (non-hydrogen) atoms. The third-order valence-corrected chi connectivity index (χ3v) is 4.66. The minimum absolute atomic E-state index is 0.0926. The van der Waals surface area contributed by atoms with Gasteiger partial charge in [0.25, 0.3) is 0 Å². The molecule has 0 amide bonds. The van der Waals surface area contributed by atoms with Gasteiger partial charge in [0.05, 0.1) is 33.7 Å². The van der Waals surface area contributed by atoms with Crippen molar-refractivity contribution in [3.63, 3.8) is 0 Å². The fourth-order valence-electron chi connectivity index (χ4n) is 1.14. The Hall–Kier alpha value is -0.370. The van der Waals surface area contributed by atoms with Crippen molar-refractivity contribution in [2.24, 2.45) is 0 Å². The van der Waals surface area contributed by atoms with E-state index in [2.05, 4.69) is 4.72 Å². The Bertz CT molecular complexity index is 529. The average molecular weight is 314 g/mol. The highest BCUT2D eigenvalue weighted by atomic mass is 35.5. The summed E-state index contributed by atoms with van der Waals surface area (Å²) in [5, 5.41) is 18.5. The maximum absolute atomic E-state index is 12.0. The van der Waals surface area contributed by atoms with Gasteiger partial charge < -0.3 is 10.2 Å². The topological polar surface area (TPSA) is 86.6 Å². The molecule has 0 aliphatic carbocycles. The molecule has 0 radical (unpaired) electrons. The van der Waals surface area contributed by atoms with Crippen molar-refractivity contribution >= 4 is 33.2 Å². The molecule has 102 valence electrons. The van der Waals surface area contributed by atoms with Gasteiger partial charge in [-0.2, -0.15) is 0 Å². The van der Waals surface area contributed by atoms with Gasteiger partial charge in [-0.25, -0.2) is 13.1 Å². The molecule has 0 aliphatic rings. The van der Waals surface area contributed by atoms with Crippen LogP contribution in [0.15, 0.2) is 23.1 Å². The zero-order valence-electron chi connectivity index (χ0n) is 9.52. The Balaban J connectivity index is 3.10. The molecular formula is C10H13Cl2NO4S. The number of hydrogen-bond acceptors (Lipinski definition) is 4. The van der Waals surface area contributed by atoms with Crippen LogP contribution in [0, 0.1) is 0 Å². The standard InChI is InChI=1S/C10H13Cl2NO4S/c1-10(5-14,6-15)13-18(16,17)7-2-3-8(11)9(12)4-7/h2-4,13-15H,5-6H2,1H3. The molecule has 0 heterocycles. The number of aliphatic hydroxyl groups is 2. The first kappa shape index (κ1) is 15.7. The molecule has 3 N–H and O–H groups in total. The van der Waals surface area contributed by atoms with E-state index in [1.165, 1.54) is 25.1 Å². The maximum Gasteiger partial charge on any atom is 0.241 e. The second kappa shape index (κ2) is 5.73. The third kappa shape index (κ3) is 3.57. The van der Waals surface area contributed by atoms with Crippen LogP contribution in [0.1, 0.15) is 6.92 Å². The summed E-state index contributed by atoms with van der Waals surface area (Å²) in [4.78, 5) is -0.0926. The lowest BCUT2D eigenvalue weighted by Gasteiger charge is -2.25. The number of sulfonamides is 1. The molecule has 0 atom stereocenters. The summed E-state index contributed by atoms with van der Waals surface area (Å²) < 4.78 is 26.2. The van der Waals surface area contributed by atoms with E-state index in [0.29, 0.717) is 0 Å². The van der Waals surface area contributed by atoms with Crippen LogP contribution in [-0.2, 0) is 10.0 Å². The summed E-state index contributed by atoms with van der Waals surface area (Å²) in [6.45, 7) is 0.302. The van der Waals surface area contributed by atoms with E-state index >= 15 is 0 Å². The van der Waals surface area contributed by atoms with Gasteiger partial charge in [-0.1, -0.05) is 23.2 Å². The van der Waals surface area contributed by atoms with E-state index in [9.17, 15) is 8.42 Å². The Morgan fingerprint density at radius 3 is 2.22 bits per heavy atom. The molecule has 0 unspecified atom stereocenters. The van der Waals surface area contributed by atoms with Crippen LogP contribution < -0.4 is 4.72 Å². The van der Waals surface area contributed by atoms with Crippen molar-refractivity contribution in [2.45, 2.75) is 17.4 Å². The highest BCUT2D eigenvalue weighted by Gasteiger charge is 2.29. The number of aliphatic hydroxyl groups excluding tert-OH is 2. The number of halogens is 2. The van der Waals surface area contributed by atoms with Crippen molar-refractivity contribution in [3.05, 3.63) is 28.2 Å². The summed E-state index contributed by atoms with van der Waals surface area (Å²) in [7, 11) is -3.89. The lowest BCUT2D eigenvalue weighted by molar-refractivity contribution is 0.122. The van der Waals surface area contributed by atoms with Crippen LogP contribution in [0.25, 0.3) is 0 Å². The van der Waals surface area contributed by atoms with Crippen molar-refractivity contribution in [1.29, 1.82) is 0 Å². The van der Waals surface area contributed by atoms with Gasteiger partial charge in [0.1, 0.15) is 0 Å². The Morgan fingerprint density at radius 2 is 1.78 bits per heavy atom. The predicted molar refractivity (Wildman–Crippen MR) is 69.4 cm³/mol. The fourth-order valence-corrected chi connectivity index (χ4v) is 2.92. The van der Waals surface area contributed by atoms with Gasteiger partial charge in [-0.05, 0) is 25.1 Å². The van der Waals surface area contributed by atoms with E-state index in [4.69, 9.17) is 33.4 Å². The lowest BCUT2D eigenvalue weighted by atomic mass is 10.1. The second-order valence-electron chi connectivity index (χ2n) is 4.06. The first-order chi connectivity index (χ1) is 8.24. The van der Waals surface area contributed by atoms with Gasteiger partial charge in [-0.15, -0.1) is 0 Å². The number of nitrogens with one attached hydrogen (secondary N) is 1. The summed E-state index contributed by atoms with van der Waals surface area (Å²) in [5.74, 6) is 0.